The Kier molecular flexibility index (Phi) is 4.27. The van der Waals surface area contributed by atoms with Crippen LogP contribution in [0.15, 0.2) is 57.7 Å². The minimum absolute atomic E-state index is 0.0429. The molecule has 28 heavy (non-hydrogen) atoms. The van der Waals surface area contributed by atoms with Crippen molar-refractivity contribution in [2.24, 2.45) is 0 Å². The number of hydrogen-bond donors (Lipinski definition) is 0. The topological polar surface area (TPSA) is 87.9 Å². The molecule has 140 valence electrons. The number of benzene rings is 2. The molecule has 2 heterocycles. The highest BCUT2D eigenvalue weighted by molar-refractivity contribution is 6.21. The van der Waals surface area contributed by atoms with Crippen LogP contribution in [0.5, 0.6) is 0 Å². The second kappa shape index (κ2) is 6.77. The maximum absolute atomic E-state index is 12.6. The maximum atomic E-state index is 12.6. The van der Waals surface area contributed by atoms with E-state index >= 15 is 0 Å². The molecule has 2 aromatic carbocycles. The van der Waals surface area contributed by atoms with Crippen molar-refractivity contribution in [2.45, 2.75) is 6.92 Å². The van der Waals surface area contributed by atoms with Gasteiger partial charge in [0.25, 0.3) is 11.8 Å². The van der Waals surface area contributed by atoms with Gasteiger partial charge in [0.15, 0.2) is 6.29 Å². The van der Waals surface area contributed by atoms with Gasteiger partial charge in [0.2, 0.25) is 0 Å². The zero-order valence-corrected chi connectivity index (χ0v) is 15.0. The molecule has 3 aromatic rings. The Labute approximate surface area is 159 Å². The minimum Gasteiger partial charge on any atom is -0.422 e. The van der Waals surface area contributed by atoms with Crippen molar-refractivity contribution in [3.05, 3.63) is 75.6 Å². The molecule has 2 amide bonds. The highest BCUT2D eigenvalue weighted by atomic mass is 16.4. The molecule has 0 saturated carbocycles. The number of hydrogen-bond acceptors (Lipinski definition) is 6. The second-order valence-corrected chi connectivity index (χ2v) is 6.41. The molecule has 0 spiro atoms. The van der Waals surface area contributed by atoms with E-state index in [1.54, 1.807) is 42.5 Å². The molecule has 0 fully saturated rings. The first-order chi connectivity index (χ1) is 13.5. The normalized spacial score (nSPS) is 13.1. The molecule has 0 bridgehead atoms. The van der Waals surface area contributed by atoms with Crippen LogP contribution < -0.4 is 10.5 Å². The summed E-state index contributed by atoms with van der Waals surface area (Å²) in [7, 11) is 0. The van der Waals surface area contributed by atoms with E-state index in [-0.39, 0.29) is 24.0 Å². The van der Waals surface area contributed by atoms with Gasteiger partial charge in [-0.3, -0.25) is 19.3 Å². The van der Waals surface area contributed by atoms with Gasteiger partial charge in [-0.1, -0.05) is 12.1 Å². The Morgan fingerprint density at radius 3 is 2.29 bits per heavy atom. The third kappa shape index (κ3) is 2.77. The van der Waals surface area contributed by atoms with Gasteiger partial charge in [-0.15, -0.1) is 0 Å². The van der Waals surface area contributed by atoms with Crippen LogP contribution in [0.2, 0.25) is 0 Å². The summed E-state index contributed by atoms with van der Waals surface area (Å²) >= 11 is 0. The van der Waals surface area contributed by atoms with Gasteiger partial charge in [0, 0.05) is 23.7 Å². The van der Waals surface area contributed by atoms with E-state index in [9.17, 15) is 19.2 Å². The van der Waals surface area contributed by atoms with Gasteiger partial charge < -0.3 is 9.32 Å². The lowest BCUT2D eigenvalue weighted by Gasteiger charge is -2.27. The summed E-state index contributed by atoms with van der Waals surface area (Å²) in [6.45, 7) is 2.49. The quantitative estimate of drug-likeness (QED) is 0.386. The molecule has 0 saturated heterocycles. The van der Waals surface area contributed by atoms with E-state index in [1.165, 1.54) is 11.0 Å². The smallest absolute Gasteiger partial charge is 0.346 e. The molecule has 0 N–H and O–H groups in total. The standard InChI is InChI=1S/C21H16N2O5/c1-2-22(12-23-19(25)16-5-3-4-6-17(16)20(23)26)15-8-7-13-9-14(11-24)21(27)28-18(13)10-15/h3-11H,2,12H2,1H3. The van der Waals surface area contributed by atoms with Crippen molar-refractivity contribution in [2.75, 3.05) is 18.1 Å². The molecule has 1 aliphatic heterocycles. The van der Waals surface area contributed by atoms with Gasteiger partial charge in [-0.2, -0.15) is 0 Å². The first-order valence-corrected chi connectivity index (χ1v) is 8.76. The lowest BCUT2D eigenvalue weighted by molar-refractivity contribution is 0.0654. The van der Waals surface area contributed by atoms with E-state index in [0.29, 0.717) is 40.6 Å². The van der Waals surface area contributed by atoms with Crippen LogP contribution in [-0.4, -0.2) is 36.2 Å². The highest BCUT2D eigenvalue weighted by Crippen LogP contribution is 2.26. The predicted octanol–water partition coefficient (Wildman–Crippen LogP) is 2.69. The Balaban J connectivity index is 1.66. The summed E-state index contributed by atoms with van der Waals surface area (Å²) in [5, 5.41) is 0.613. The number of aldehydes is 1. The van der Waals surface area contributed by atoms with Gasteiger partial charge in [-0.25, -0.2) is 4.79 Å². The largest absolute Gasteiger partial charge is 0.422 e. The lowest BCUT2D eigenvalue weighted by atomic mass is 10.1. The zero-order valence-electron chi connectivity index (χ0n) is 15.0. The summed E-state index contributed by atoms with van der Waals surface area (Å²) in [6.07, 6.45) is 0.458. The zero-order chi connectivity index (χ0) is 19.8. The summed E-state index contributed by atoms with van der Waals surface area (Å²) in [6, 6.07) is 13.4. The molecule has 1 aromatic heterocycles. The highest BCUT2D eigenvalue weighted by Gasteiger charge is 2.35. The molecular formula is C21H16N2O5. The number of fused-ring (bicyclic) bond motifs is 2. The average molecular weight is 376 g/mol. The van der Waals surface area contributed by atoms with Crippen LogP contribution in [-0.2, 0) is 0 Å². The first kappa shape index (κ1) is 17.7. The van der Waals surface area contributed by atoms with Gasteiger partial charge in [0.05, 0.1) is 11.1 Å². The molecule has 0 atom stereocenters. The number of imide groups is 1. The van der Waals surface area contributed by atoms with E-state index in [1.807, 2.05) is 11.8 Å². The molecule has 7 nitrogen and oxygen atoms in total. The van der Waals surface area contributed by atoms with Crippen molar-refractivity contribution in [1.29, 1.82) is 0 Å². The number of anilines is 1. The molecule has 7 heteroatoms. The fourth-order valence-corrected chi connectivity index (χ4v) is 3.30. The van der Waals surface area contributed by atoms with Crippen LogP contribution in [0.1, 0.15) is 38.0 Å². The third-order valence-corrected chi connectivity index (χ3v) is 4.81. The number of carbonyl (C=O) groups excluding carboxylic acids is 3. The monoisotopic (exact) mass is 376 g/mol. The summed E-state index contributed by atoms with van der Waals surface area (Å²) in [5.41, 5.74) is 1.06. The Hall–Kier alpha value is -3.74. The fourth-order valence-electron chi connectivity index (χ4n) is 3.30. The molecule has 0 radical (unpaired) electrons. The van der Waals surface area contributed by atoms with E-state index < -0.39 is 5.63 Å². The summed E-state index contributed by atoms with van der Waals surface area (Å²) in [5.74, 6) is -0.663. The van der Waals surface area contributed by atoms with Gasteiger partial charge in [0.1, 0.15) is 17.8 Å². The summed E-state index contributed by atoms with van der Waals surface area (Å²) in [4.78, 5) is 50.9. The summed E-state index contributed by atoms with van der Waals surface area (Å²) < 4.78 is 5.22. The number of carbonyl (C=O) groups is 3. The van der Waals surface area contributed by atoms with Crippen molar-refractivity contribution in [3.63, 3.8) is 0 Å². The first-order valence-electron chi connectivity index (χ1n) is 8.76. The van der Waals surface area contributed by atoms with Crippen molar-refractivity contribution in [3.8, 4) is 0 Å². The molecule has 1 aliphatic rings. The maximum Gasteiger partial charge on any atom is 0.346 e. The van der Waals surface area contributed by atoms with Crippen LogP contribution in [0.25, 0.3) is 11.0 Å². The third-order valence-electron chi connectivity index (χ3n) is 4.81. The lowest BCUT2D eigenvalue weighted by Crippen LogP contribution is -2.41. The van der Waals surface area contributed by atoms with E-state index in [2.05, 4.69) is 0 Å². The molecule has 0 aliphatic carbocycles. The minimum atomic E-state index is -0.706. The fraction of sp³-hybridized carbons (Fsp3) is 0.143. The van der Waals surface area contributed by atoms with Gasteiger partial charge >= 0.3 is 5.63 Å². The SMILES string of the molecule is CCN(CN1C(=O)c2ccccc2C1=O)c1ccc2cc(C=O)c(=O)oc2c1. The molecular weight excluding hydrogens is 360 g/mol. The number of nitrogens with zero attached hydrogens (tertiary/aromatic N) is 2. The van der Waals surface area contributed by atoms with Crippen molar-refractivity contribution >= 4 is 34.8 Å². The Morgan fingerprint density at radius 2 is 1.68 bits per heavy atom. The van der Waals surface area contributed by atoms with Crippen molar-refractivity contribution in [1.82, 2.24) is 4.90 Å². The average Bonchev–Trinajstić information content (AvgIpc) is 2.95. The van der Waals surface area contributed by atoms with E-state index in [0.717, 1.165) is 0 Å². The number of amides is 2. The van der Waals surface area contributed by atoms with Crippen LogP contribution in [0.3, 0.4) is 0 Å². The molecule has 4 rings (SSSR count). The Morgan fingerprint density at radius 1 is 1.00 bits per heavy atom. The molecule has 0 unspecified atom stereocenters. The van der Waals surface area contributed by atoms with Crippen LogP contribution in [0.4, 0.5) is 5.69 Å². The van der Waals surface area contributed by atoms with E-state index in [4.69, 9.17) is 4.42 Å². The van der Waals surface area contributed by atoms with Crippen LogP contribution >= 0.6 is 0 Å². The van der Waals surface area contributed by atoms with Crippen molar-refractivity contribution < 1.29 is 18.8 Å². The second-order valence-electron chi connectivity index (χ2n) is 6.41. The van der Waals surface area contributed by atoms with Gasteiger partial charge in [-0.05, 0) is 37.3 Å². The number of rotatable bonds is 5. The predicted molar refractivity (Wildman–Crippen MR) is 103 cm³/mol. The van der Waals surface area contributed by atoms with Crippen LogP contribution in [0, 0.1) is 0 Å². The Bertz CT molecular complexity index is 1150.